The largest absolute Gasteiger partial charge is 0.493 e. The molecule has 1 aliphatic rings. The summed E-state index contributed by atoms with van der Waals surface area (Å²) in [5.41, 5.74) is 2.49. The fourth-order valence-corrected chi connectivity index (χ4v) is 2.82. The molecule has 1 amide bonds. The first-order chi connectivity index (χ1) is 12.0. The lowest BCUT2D eigenvalue weighted by Crippen LogP contribution is -2.27. The summed E-state index contributed by atoms with van der Waals surface area (Å²) in [5.74, 6) is 0.856. The highest BCUT2D eigenvalue weighted by atomic mass is 16.5. The Morgan fingerprint density at radius 2 is 1.84 bits per heavy atom. The lowest BCUT2D eigenvalue weighted by molar-refractivity contribution is -0.111. The average Bonchev–Trinajstić information content (AvgIpc) is 2.64. The highest BCUT2D eigenvalue weighted by molar-refractivity contribution is 6.25. The zero-order chi connectivity index (χ0) is 18.0. The fourth-order valence-electron chi connectivity index (χ4n) is 2.82. The molecule has 0 saturated carbocycles. The molecule has 1 heterocycles. The number of fused-ring (bicyclic) bond motifs is 1. The van der Waals surface area contributed by atoms with Gasteiger partial charge in [0.05, 0.1) is 19.8 Å². The second kappa shape index (κ2) is 6.86. The second-order valence-electron chi connectivity index (χ2n) is 5.69. The van der Waals surface area contributed by atoms with Crippen LogP contribution in [0.15, 0.2) is 48.7 Å². The molecule has 0 bridgehead atoms. The zero-order valence-corrected chi connectivity index (χ0v) is 14.3. The summed E-state index contributed by atoms with van der Waals surface area (Å²) in [7, 11) is 4.82. The van der Waals surface area contributed by atoms with Crippen molar-refractivity contribution in [3.8, 4) is 11.5 Å². The number of benzene rings is 2. The zero-order valence-electron chi connectivity index (χ0n) is 14.3. The van der Waals surface area contributed by atoms with Gasteiger partial charge in [-0.1, -0.05) is 24.3 Å². The van der Waals surface area contributed by atoms with Crippen molar-refractivity contribution < 1.29 is 19.4 Å². The quantitative estimate of drug-likeness (QED) is 0.895. The predicted molar refractivity (Wildman–Crippen MR) is 95.3 cm³/mol. The molecule has 0 aromatic heterocycles. The van der Waals surface area contributed by atoms with Gasteiger partial charge in [0, 0.05) is 30.6 Å². The monoisotopic (exact) mass is 340 g/mol. The molecule has 2 N–H and O–H groups in total. The van der Waals surface area contributed by atoms with Crippen LogP contribution in [0.2, 0.25) is 0 Å². The van der Waals surface area contributed by atoms with Crippen LogP contribution in [0.1, 0.15) is 17.4 Å². The highest BCUT2D eigenvalue weighted by Gasteiger charge is 2.26. The SMILES string of the molecule is COc1ccc(NC(=O)C2=CN(C)C(O)c3ccccc32)cc1OC. The van der Waals surface area contributed by atoms with E-state index in [-0.39, 0.29) is 5.91 Å². The van der Waals surface area contributed by atoms with Gasteiger partial charge in [-0.3, -0.25) is 4.79 Å². The van der Waals surface area contributed by atoms with Crippen LogP contribution < -0.4 is 14.8 Å². The number of hydrogen-bond acceptors (Lipinski definition) is 5. The van der Waals surface area contributed by atoms with E-state index in [2.05, 4.69) is 5.32 Å². The van der Waals surface area contributed by atoms with Crippen LogP contribution in [-0.2, 0) is 4.79 Å². The number of hydrogen-bond donors (Lipinski definition) is 2. The summed E-state index contributed by atoms with van der Waals surface area (Å²) in [6, 6.07) is 12.5. The van der Waals surface area contributed by atoms with Crippen LogP contribution in [0, 0.1) is 0 Å². The molecule has 6 nitrogen and oxygen atoms in total. The molecule has 1 unspecified atom stereocenters. The maximum atomic E-state index is 12.8. The van der Waals surface area contributed by atoms with Gasteiger partial charge in [-0.25, -0.2) is 0 Å². The van der Waals surface area contributed by atoms with Crippen molar-refractivity contribution in [3.05, 3.63) is 59.8 Å². The Kier molecular flexibility index (Phi) is 4.63. The second-order valence-corrected chi connectivity index (χ2v) is 5.69. The van der Waals surface area contributed by atoms with Gasteiger partial charge in [0.15, 0.2) is 17.7 Å². The first-order valence-electron chi connectivity index (χ1n) is 7.79. The number of methoxy groups -OCH3 is 2. The van der Waals surface area contributed by atoms with E-state index in [0.29, 0.717) is 33.9 Å². The fraction of sp³-hybridized carbons (Fsp3) is 0.211. The van der Waals surface area contributed by atoms with Crippen LogP contribution in [0.5, 0.6) is 11.5 Å². The molecule has 0 fully saturated rings. The number of aliphatic hydroxyl groups is 1. The molecule has 0 spiro atoms. The van der Waals surface area contributed by atoms with Crippen molar-refractivity contribution >= 4 is 17.2 Å². The Morgan fingerprint density at radius 1 is 1.12 bits per heavy atom. The van der Waals surface area contributed by atoms with Crippen molar-refractivity contribution in [1.82, 2.24) is 4.90 Å². The van der Waals surface area contributed by atoms with E-state index in [1.807, 2.05) is 24.3 Å². The summed E-state index contributed by atoms with van der Waals surface area (Å²) in [4.78, 5) is 14.4. The number of nitrogens with one attached hydrogen (secondary N) is 1. The number of aliphatic hydroxyl groups excluding tert-OH is 1. The van der Waals surface area contributed by atoms with Crippen molar-refractivity contribution in [1.29, 1.82) is 0 Å². The molecular formula is C19H20N2O4. The Labute approximate surface area is 146 Å². The van der Waals surface area contributed by atoms with Gasteiger partial charge in [-0.15, -0.1) is 0 Å². The summed E-state index contributed by atoms with van der Waals surface area (Å²) >= 11 is 0. The van der Waals surface area contributed by atoms with Crippen LogP contribution in [-0.4, -0.2) is 37.2 Å². The number of amides is 1. The van der Waals surface area contributed by atoms with Crippen molar-refractivity contribution in [3.63, 3.8) is 0 Å². The third kappa shape index (κ3) is 3.16. The van der Waals surface area contributed by atoms with E-state index in [1.54, 1.807) is 50.6 Å². The minimum Gasteiger partial charge on any atom is -0.493 e. The number of rotatable bonds is 4. The smallest absolute Gasteiger partial charge is 0.257 e. The maximum absolute atomic E-state index is 12.8. The van der Waals surface area contributed by atoms with Gasteiger partial charge in [-0.2, -0.15) is 0 Å². The standard InChI is InChI=1S/C19H20N2O4/c1-21-11-15(13-6-4-5-7-14(13)19(21)23)18(22)20-12-8-9-16(24-2)17(10-12)25-3/h4-11,19,23H,1-3H3,(H,20,22). The van der Waals surface area contributed by atoms with E-state index in [1.165, 1.54) is 0 Å². The molecule has 1 atom stereocenters. The molecule has 6 heteroatoms. The summed E-state index contributed by atoms with van der Waals surface area (Å²) in [6.07, 6.45) is 0.872. The van der Waals surface area contributed by atoms with Gasteiger partial charge in [-0.05, 0) is 17.7 Å². The molecule has 130 valence electrons. The van der Waals surface area contributed by atoms with Crippen LogP contribution in [0.25, 0.3) is 5.57 Å². The molecule has 2 aromatic carbocycles. The summed E-state index contributed by atoms with van der Waals surface area (Å²) in [5, 5.41) is 13.1. The molecule has 25 heavy (non-hydrogen) atoms. The molecular weight excluding hydrogens is 320 g/mol. The van der Waals surface area contributed by atoms with Crippen molar-refractivity contribution in [2.45, 2.75) is 6.23 Å². The lowest BCUT2D eigenvalue weighted by Gasteiger charge is -2.30. The van der Waals surface area contributed by atoms with Gasteiger partial charge in [0.1, 0.15) is 0 Å². The van der Waals surface area contributed by atoms with Crippen LogP contribution in [0.3, 0.4) is 0 Å². The van der Waals surface area contributed by atoms with Crippen LogP contribution in [0.4, 0.5) is 5.69 Å². The van der Waals surface area contributed by atoms with Crippen molar-refractivity contribution in [2.24, 2.45) is 0 Å². The molecule has 0 aliphatic carbocycles. The van der Waals surface area contributed by atoms with Gasteiger partial charge in [0.25, 0.3) is 5.91 Å². The van der Waals surface area contributed by atoms with Gasteiger partial charge >= 0.3 is 0 Å². The number of carbonyl (C=O) groups excluding carboxylic acids is 1. The molecule has 1 aliphatic heterocycles. The lowest BCUT2D eigenvalue weighted by atomic mass is 9.95. The highest BCUT2D eigenvalue weighted by Crippen LogP contribution is 2.34. The van der Waals surface area contributed by atoms with E-state index in [0.717, 1.165) is 0 Å². The molecule has 3 rings (SSSR count). The van der Waals surface area contributed by atoms with Gasteiger partial charge in [0.2, 0.25) is 0 Å². The Balaban J connectivity index is 1.90. The predicted octanol–water partition coefficient (Wildman–Crippen LogP) is 2.62. The minimum atomic E-state index is -0.770. The number of nitrogens with zero attached hydrogens (tertiary/aromatic N) is 1. The average molecular weight is 340 g/mol. The normalized spacial score (nSPS) is 15.9. The third-order valence-electron chi connectivity index (χ3n) is 4.13. The topological polar surface area (TPSA) is 71.0 Å². The van der Waals surface area contributed by atoms with E-state index >= 15 is 0 Å². The number of ether oxygens (including phenoxy) is 2. The van der Waals surface area contributed by atoms with E-state index < -0.39 is 6.23 Å². The van der Waals surface area contributed by atoms with Crippen LogP contribution >= 0.6 is 0 Å². The van der Waals surface area contributed by atoms with Gasteiger partial charge < -0.3 is 24.8 Å². The first-order valence-corrected chi connectivity index (χ1v) is 7.79. The Morgan fingerprint density at radius 3 is 2.56 bits per heavy atom. The number of carbonyl (C=O) groups is 1. The van der Waals surface area contributed by atoms with E-state index in [9.17, 15) is 9.90 Å². The number of anilines is 1. The summed E-state index contributed by atoms with van der Waals surface area (Å²) in [6.45, 7) is 0. The molecule has 0 saturated heterocycles. The molecule has 2 aromatic rings. The third-order valence-corrected chi connectivity index (χ3v) is 4.13. The van der Waals surface area contributed by atoms with Crippen molar-refractivity contribution in [2.75, 3.05) is 26.6 Å². The molecule has 0 radical (unpaired) electrons. The minimum absolute atomic E-state index is 0.265. The first kappa shape index (κ1) is 16.9. The Bertz CT molecular complexity index is 832. The van der Waals surface area contributed by atoms with E-state index in [4.69, 9.17) is 9.47 Å². The summed E-state index contributed by atoms with van der Waals surface area (Å²) < 4.78 is 10.5. The maximum Gasteiger partial charge on any atom is 0.257 e. The Hall–Kier alpha value is -2.99.